The lowest BCUT2D eigenvalue weighted by atomic mass is 9.94. The molecule has 0 saturated carbocycles. The van der Waals surface area contributed by atoms with Crippen LogP contribution in [0.4, 0.5) is 0 Å². The number of aromatic nitrogens is 1. The molecule has 0 unspecified atom stereocenters. The van der Waals surface area contributed by atoms with Crippen molar-refractivity contribution < 1.29 is 4.79 Å². The fourth-order valence-corrected chi connectivity index (χ4v) is 5.30. The number of carbonyl (C=O) groups is 1. The Hall–Kier alpha value is -4.32. The lowest BCUT2D eigenvalue weighted by Crippen LogP contribution is -2.40. The van der Waals surface area contributed by atoms with Crippen molar-refractivity contribution >= 4 is 45.7 Å². The summed E-state index contributed by atoms with van der Waals surface area (Å²) in [6.07, 6.45) is 1.87. The van der Waals surface area contributed by atoms with Gasteiger partial charge in [-0.3, -0.25) is 15.0 Å². The van der Waals surface area contributed by atoms with Gasteiger partial charge in [-0.2, -0.15) is 0 Å². The van der Waals surface area contributed by atoms with Crippen LogP contribution in [0.15, 0.2) is 114 Å². The number of H-pyrrole nitrogens is 1. The topological polar surface area (TPSA) is 65.2 Å². The smallest absolute Gasteiger partial charge is 0.273 e. The van der Waals surface area contributed by atoms with Crippen molar-refractivity contribution in [2.45, 2.75) is 6.04 Å². The molecule has 0 bridgehead atoms. The molecule has 5 nitrogen and oxygen atoms in total. The van der Waals surface area contributed by atoms with Gasteiger partial charge in [-0.15, -0.1) is 0 Å². The first-order chi connectivity index (χ1) is 18.5. The summed E-state index contributed by atoms with van der Waals surface area (Å²) < 4.78 is 0. The van der Waals surface area contributed by atoms with Crippen LogP contribution in [0, 0.1) is 0 Å². The molecule has 7 heteroatoms. The van der Waals surface area contributed by atoms with Gasteiger partial charge in [0.15, 0.2) is 0 Å². The number of halogens is 2. The van der Waals surface area contributed by atoms with Gasteiger partial charge in [-0.1, -0.05) is 89.9 Å². The number of fused-ring (bicyclic) bond motifs is 1. The number of rotatable bonds is 4. The Balaban J connectivity index is 1.58. The Labute approximate surface area is 228 Å². The zero-order chi connectivity index (χ0) is 26.2. The van der Waals surface area contributed by atoms with E-state index in [1.165, 1.54) is 5.01 Å². The third kappa shape index (κ3) is 4.26. The molecular weight excluding hydrogens is 517 g/mol. The predicted octanol–water partition coefficient (Wildman–Crippen LogP) is 7.24. The number of benzene rings is 4. The molecule has 1 aliphatic heterocycles. The average Bonchev–Trinajstić information content (AvgIpc) is 3.38. The van der Waals surface area contributed by atoms with Crippen LogP contribution in [0.1, 0.15) is 27.5 Å². The molecule has 2 heterocycles. The van der Waals surface area contributed by atoms with E-state index in [4.69, 9.17) is 23.2 Å². The first kappa shape index (κ1) is 24.0. The number of aromatic amines is 1. The Morgan fingerprint density at radius 3 is 2.21 bits per heavy atom. The maximum Gasteiger partial charge on any atom is 0.273 e. The van der Waals surface area contributed by atoms with Gasteiger partial charge < -0.3 is 4.98 Å². The fraction of sp³-hybridized carbons (Fsp3) is 0.0323. The molecule has 4 aromatic carbocycles. The van der Waals surface area contributed by atoms with Crippen molar-refractivity contribution in [1.29, 1.82) is 0 Å². The Kier molecular flexibility index (Phi) is 6.24. The van der Waals surface area contributed by atoms with Crippen LogP contribution in [0.25, 0.3) is 27.7 Å². The number of hydrogen-bond donors (Lipinski definition) is 2. The number of pyridine rings is 1. The summed E-state index contributed by atoms with van der Waals surface area (Å²) in [7, 11) is 0. The molecule has 0 fully saturated rings. The minimum Gasteiger partial charge on any atom is -0.321 e. The Bertz CT molecular complexity index is 1770. The van der Waals surface area contributed by atoms with Crippen molar-refractivity contribution in [3.8, 4) is 11.1 Å². The minimum absolute atomic E-state index is 0.247. The summed E-state index contributed by atoms with van der Waals surface area (Å²) in [6.45, 7) is 0. The number of carbonyl (C=O) groups excluding carboxylic acids is 1. The van der Waals surface area contributed by atoms with Crippen molar-refractivity contribution in [3.05, 3.63) is 146 Å². The molecule has 1 aromatic heterocycles. The van der Waals surface area contributed by atoms with Gasteiger partial charge in [-0.05, 0) is 53.6 Å². The largest absolute Gasteiger partial charge is 0.321 e. The quantitative estimate of drug-likeness (QED) is 0.254. The first-order valence-electron chi connectivity index (χ1n) is 12.0. The van der Waals surface area contributed by atoms with Crippen LogP contribution in [0.5, 0.6) is 0 Å². The number of amides is 1. The molecule has 186 valence electrons. The van der Waals surface area contributed by atoms with Crippen molar-refractivity contribution in [2.24, 2.45) is 0 Å². The van der Waals surface area contributed by atoms with Gasteiger partial charge in [0.2, 0.25) is 0 Å². The predicted molar refractivity (Wildman–Crippen MR) is 153 cm³/mol. The summed E-state index contributed by atoms with van der Waals surface area (Å²) >= 11 is 13.0. The summed E-state index contributed by atoms with van der Waals surface area (Å²) in [6, 6.07) is 30.9. The standard InChI is InChI=1S/C31H21Cl2N3O2/c32-21-15-16-25-23(17-21)28(19-9-3-1-4-10-19)29(30(37)34-25)26-18-27(22-13-7-8-14-24(22)33)36(35-26)31(38)20-11-5-2-6-12-20/h1-18,27,35H,(H,34,37)/t27-/m0/s1. The maximum absolute atomic E-state index is 13.7. The van der Waals surface area contributed by atoms with Crippen LogP contribution in [0.3, 0.4) is 0 Å². The Morgan fingerprint density at radius 2 is 1.47 bits per heavy atom. The molecular formula is C31H21Cl2N3O2. The van der Waals surface area contributed by atoms with Crippen molar-refractivity contribution in [1.82, 2.24) is 15.4 Å². The van der Waals surface area contributed by atoms with E-state index in [1.54, 1.807) is 30.3 Å². The molecule has 2 N–H and O–H groups in total. The molecule has 0 saturated heterocycles. The van der Waals surface area contributed by atoms with Crippen LogP contribution in [-0.2, 0) is 0 Å². The second-order valence-corrected chi connectivity index (χ2v) is 9.80. The molecule has 0 radical (unpaired) electrons. The first-order valence-corrected chi connectivity index (χ1v) is 12.8. The molecule has 5 aromatic rings. The van der Waals surface area contributed by atoms with Gasteiger partial charge in [0.1, 0.15) is 6.04 Å². The minimum atomic E-state index is -0.551. The van der Waals surface area contributed by atoms with E-state index in [0.29, 0.717) is 32.4 Å². The second kappa shape index (κ2) is 9.86. The highest BCUT2D eigenvalue weighted by Crippen LogP contribution is 2.39. The molecule has 6 rings (SSSR count). The summed E-state index contributed by atoms with van der Waals surface area (Å²) in [5.74, 6) is -0.247. The summed E-state index contributed by atoms with van der Waals surface area (Å²) in [5.41, 5.74) is 7.35. The highest BCUT2D eigenvalue weighted by Gasteiger charge is 2.34. The van der Waals surface area contributed by atoms with Gasteiger partial charge in [0.25, 0.3) is 11.5 Å². The molecule has 0 aliphatic carbocycles. The van der Waals surface area contributed by atoms with Crippen molar-refractivity contribution in [2.75, 3.05) is 0 Å². The number of hydrogen-bond acceptors (Lipinski definition) is 3. The lowest BCUT2D eigenvalue weighted by molar-refractivity contribution is 0.0672. The molecule has 0 spiro atoms. The monoisotopic (exact) mass is 537 g/mol. The highest BCUT2D eigenvalue weighted by molar-refractivity contribution is 6.32. The number of hydrazine groups is 1. The maximum atomic E-state index is 13.7. The highest BCUT2D eigenvalue weighted by atomic mass is 35.5. The summed E-state index contributed by atoms with van der Waals surface area (Å²) in [5, 5.41) is 3.38. The lowest BCUT2D eigenvalue weighted by Gasteiger charge is -2.26. The van der Waals surface area contributed by atoms with Crippen LogP contribution in [0.2, 0.25) is 10.0 Å². The number of nitrogens with zero attached hydrogens (tertiary/aromatic N) is 1. The normalized spacial score (nSPS) is 14.8. The zero-order valence-electron chi connectivity index (χ0n) is 20.0. The molecule has 1 aliphatic rings. The van der Waals surface area contributed by atoms with Gasteiger partial charge in [0.05, 0.1) is 11.3 Å². The molecule has 1 amide bonds. The van der Waals surface area contributed by atoms with E-state index >= 15 is 0 Å². The molecule has 38 heavy (non-hydrogen) atoms. The van der Waals surface area contributed by atoms with E-state index < -0.39 is 6.04 Å². The van der Waals surface area contributed by atoms with Crippen LogP contribution >= 0.6 is 23.2 Å². The molecule has 1 atom stereocenters. The fourth-order valence-electron chi connectivity index (χ4n) is 4.88. The van der Waals surface area contributed by atoms with Crippen LogP contribution < -0.4 is 11.0 Å². The summed E-state index contributed by atoms with van der Waals surface area (Å²) in [4.78, 5) is 30.3. The average molecular weight is 538 g/mol. The third-order valence-corrected chi connectivity index (χ3v) is 7.19. The van der Waals surface area contributed by atoms with E-state index in [1.807, 2.05) is 78.9 Å². The Morgan fingerprint density at radius 1 is 0.789 bits per heavy atom. The van der Waals surface area contributed by atoms with Crippen molar-refractivity contribution in [3.63, 3.8) is 0 Å². The van der Waals surface area contributed by atoms with Crippen LogP contribution in [-0.4, -0.2) is 15.9 Å². The zero-order valence-corrected chi connectivity index (χ0v) is 21.5. The van der Waals surface area contributed by atoms with E-state index in [2.05, 4.69) is 10.4 Å². The third-order valence-electron chi connectivity index (χ3n) is 6.62. The van der Waals surface area contributed by atoms with E-state index in [-0.39, 0.29) is 11.5 Å². The van der Waals surface area contributed by atoms with Gasteiger partial charge in [0, 0.05) is 32.1 Å². The SMILES string of the molecule is O=C(c1ccccc1)N1NC(c2c(-c3ccccc3)c3cc(Cl)ccc3[nH]c2=O)=C[C@H]1c1ccccc1Cl. The van der Waals surface area contributed by atoms with Gasteiger partial charge >= 0.3 is 0 Å². The van der Waals surface area contributed by atoms with E-state index in [0.717, 1.165) is 22.1 Å². The number of nitrogens with one attached hydrogen (secondary N) is 2. The second-order valence-electron chi connectivity index (χ2n) is 8.96. The van der Waals surface area contributed by atoms with Gasteiger partial charge in [-0.25, -0.2) is 5.01 Å². The van der Waals surface area contributed by atoms with E-state index in [9.17, 15) is 9.59 Å².